The van der Waals surface area contributed by atoms with Gasteiger partial charge in [-0.3, -0.25) is 0 Å². The molecule has 0 aromatic heterocycles. The van der Waals surface area contributed by atoms with Crippen LogP contribution >= 0.6 is 27.5 Å². The van der Waals surface area contributed by atoms with Crippen molar-refractivity contribution in [1.29, 1.82) is 0 Å². The number of halogens is 2. The van der Waals surface area contributed by atoms with Crippen LogP contribution in [0.25, 0.3) is 17.2 Å². The molecule has 0 N–H and O–H groups in total. The Morgan fingerprint density at radius 3 is 2.65 bits per heavy atom. The Kier molecular flexibility index (Phi) is 2.81. The van der Waals surface area contributed by atoms with Crippen LogP contribution in [0.3, 0.4) is 0 Å². The van der Waals surface area contributed by atoms with E-state index in [1.807, 2.05) is 18.2 Å². The fourth-order valence-corrected chi connectivity index (χ4v) is 3.03. The molecule has 84 valence electrons. The Balaban J connectivity index is 2.23. The molecule has 2 aromatic carbocycles. The summed E-state index contributed by atoms with van der Waals surface area (Å²) in [7, 11) is 0. The van der Waals surface area contributed by atoms with Crippen molar-refractivity contribution in [2.45, 2.75) is 6.42 Å². The molecular weight excluding hydrogens is 296 g/mol. The van der Waals surface area contributed by atoms with Gasteiger partial charge in [0.1, 0.15) is 0 Å². The van der Waals surface area contributed by atoms with Gasteiger partial charge in [-0.1, -0.05) is 70.0 Å². The minimum absolute atomic E-state index is 0.850. The zero-order chi connectivity index (χ0) is 11.8. The summed E-state index contributed by atoms with van der Waals surface area (Å²) in [5.41, 5.74) is 4.70. The summed E-state index contributed by atoms with van der Waals surface area (Å²) in [4.78, 5) is 0. The van der Waals surface area contributed by atoms with Crippen molar-refractivity contribution >= 4 is 33.6 Å². The zero-order valence-corrected chi connectivity index (χ0v) is 11.4. The summed E-state index contributed by atoms with van der Waals surface area (Å²) in [6.07, 6.45) is 5.25. The van der Waals surface area contributed by atoms with Gasteiger partial charge in [-0.2, -0.15) is 0 Å². The molecule has 0 atom stereocenters. The Labute approximate surface area is 114 Å². The van der Waals surface area contributed by atoms with Gasteiger partial charge in [-0.05, 0) is 29.2 Å². The van der Waals surface area contributed by atoms with Crippen LogP contribution in [-0.2, 0) is 6.42 Å². The monoisotopic (exact) mass is 304 g/mol. The summed E-state index contributed by atoms with van der Waals surface area (Å²) in [5, 5.41) is 0.850. The summed E-state index contributed by atoms with van der Waals surface area (Å²) >= 11 is 10.1. The average Bonchev–Trinajstić information content (AvgIpc) is 2.80. The second-order valence-electron chi connectivity index (χ2n) is 4.09. The standard InChI is InChI=1S/C15H10BrCl/c16-14-7-2-1-5-12(14)13-9-8-10-4-3-6-11(10)15(13)17/h1-3,5-9H,4H2. The van der Waals surface area contributed by atoms with E-state index in [0.717, 1.165) is 27.0 Å². The molecule has 3 rings (SSSR count). The molecule has 1 aliphatic carbocycles. The summed E-state index contributed by atoms with van der Waals surface area (Å²) in [5.74, 6) is 0. The van der Waals surface area contributed by atoms with Gasteiger partial charge in [0.05, 0.1) is 5.02 Å². The second kappa shape index (κ2) is 4.32. The molecule has 0 radical (unpaired) electrons. The van der Waals surface area contributed by atoms with Crippen molar-refractivity contribution < 1.29 is 0 Å². The van der Waals surface area contributed by atoms with E-state index >= 15 is 0 Å². The van der Waals surface area contributed by atoms with Crippen LogP contribution in [0.2, 0.25) is 5.02 Å². The van der Waals surface area contributed by atoms with E-state index in [2.05, 4.69) is 46.3 Å². The molecule has 0 amide bonds. The maximum Gasteiger partial charge on any atom is 0.0559 e. The predicted molar refractivity (Wildman–Crippen MR) is 77.3 cm³/mol. The molecule has 2 aromatic rings. The van der Waals surface area contributed by atoms with Gasteiger partial charge < -0.3 is 0 Å². The SMILES string of the molecule is Clc1c(-c2ccccc2Br)ccc2c1C=CC2. The number of rotatable bonds is 1. The van der Waals surface area contributed by atoms with Crippen molar-refractivity contribution in [2.75, 3.05) is 0 Å². The van der Waals surface area contributed by atoms with Crippen LogP contribution in [0.15, 0.2) is 46.9 Å². The summed E-state index contributed by atoms with van der Waals surface area (Å²) < 4.78 is 1.07. The highest BCUT2D eigenvalue weighted by Crippen LogP contribution is 2.38. The maximum absolute atomic E-state index is 6.49. The van der Waals surface area contributed by atoms with Gasteiger partial charge in [-0.25, -0.2) is 0 Å². The molecule has 0 bridgehead atoms. The third-order valence-electron chi connectivity index (χ3n) is 3.06. The Morgan fingerprint density at radius 2 is 1.82 bits per heavy atom. The minimum atomic E-state index is 0.850. The number of allylic oxidation sites excluding steroid dienone is 1. The lowest BCUT2D eigenvalue weighted by molar-refractivity contribution is 1.31. The van der Waals surface area contributed by atoms with Crippen LogP contribution in [0.1, 0.15) is 11.1 Å². The molecule has 0 unspecified atom stereocenters. The molecule has 0 heterocycles. The van der Waals surface area contributed by atoms with Crippen LogP contribution in [0.4, 0.5) is 0 Å². The van der Waals surface area contributed by atoms with E-state index in [0.29, 0.717) is 0 Å². The van der Waals surface area contributed by atoms with Gasteiger partial charge in [0.15, 0.2) is 0 Å². The van der Waals surface area contributed by atoms with Gasteiger partial charge in [0.2, 0.25) is 0 Å². The molecule has 0 aliphatic heterocycles. The third kappa shape index (κ3) is 1.84. The fraction of sp³-hybridized carbons (Fsp3) is 0.0667. The largest absolute Gasteiger partial charge is 0.0830 e. The van der Waals surface area contributed by atoms with Gasteiger partial charge >= 0.3 is 0 Å². The van der Waals surface area contributed by atoms with Crippen molar-refractivity contribution in [1.82, 2.24) is 0 Å². The Bertz CT molecular complexity index is 614. The first-order valence-electron chi connectivity index (χ1n) is 5.50. The lowest BCUT2D eigenvalue weighted by Gasteiger charge is -2.10. The Morgan fingerprint density at radius 1 is 1.00 bits per heavy atom. The molecule has 1 aliphatic rings. The van der Waals surface area contributed by atoms with E-state index in [-0.39, 0.29) is 0 Å². The van der Waals surface area contributed by atoms with E-state index in [4.69, 9.17) is 11.6 Å². The number of fused-ring (bicyclic) bond motifs is 1. The zero-order valence-electron chi connectivity index (χ0n) is 9.08. The number of hydrogen-bond acceptors (Lipinski definition) is 0. The van der Waals surface area contributed by atoms with E-state index < -0.39 is 0 Å². The van der Waals surface area contributed by atoms with Crippen LogP contribution < -0.4 is 0 Å². The molecular formula is C15H10BrCl. The highest BCUT2D eigenvalue weighted by molar-refractivity contribution is 9.10. The average molecular weight is 306 g/mol. The molecule has 0 nitrogen and oxygen atoms in total. The fourth-order valence-electron chi connectivity index (χ4n) is 2.18. The highest BCUT2D eigenvalue weighted by Gasteiger charge is 2.14. The molecule has 0 spiro atoms. The second-order valence-corrected chi connectivity index (χ2v) is 5.32. The maximum atomic E-state index is 6.49. The van der Waals surface area contributed by atoms with Gasteiger partial charge in [-0.15, -0.1) is 0 Å². The molecule has 0 fully saturated rings. The number of benzene rings is 2. The van der Waals surface area contributed by atoms with Crippen LogP contribution in [-0.4, -0.2) is 0 Å². The molecule has 2 heteroatoms. The predicted octanol–water partition coefficient (Wildman–Crippen LogP) is 5.34. The lowest BCUT2D eigenvalue weighted by Crippen LogP contribution is -1.88. The number of hydrogen-bond donors (Lipinski definition) is 0. The van der Waals surface area contributed by atoms with Gasteiger partial charge in [0.25, 0.3) is 0 Å². The topological polar surface area (TPSA) is 0 Å². The molecule has 0 saturated heterocycles. The summed E-state index contributed by atoms with van der Waals surface area (Å²) in [6, 6.07) is 12.4. The van der Waals surface area contributed by atoms with Gasteiger partial charge in [0, 0.05) is 10.0 Å². The van der Waals surface area contributed by atoms with Crippen molar-refractivity contribution in [3.8, 4) is 11.1 Å². The quantitative estimate of drug-likeness (QED) is 0.667. The van der Waals surface area contributed by atoms with Crippen LogP contribution in [0.5, 0.6) is 0 Å². The molecule has 0 saturated carbocycles. The van der Waals surface area contributed by atoms with Crippen molar-refractivity contribution in [3.05, 3.63) is 63.1 Å². The summed E-state index contributed by atoms with van der Waals surface area (Å²) in [6.45, 7) is 0. The van der Waals surface area contributed by atoms with E-state index in [1.165, 1.54) is 11.1 Å². The lowest BCUT2D eigenvalue weighted by atomic mass is 10.0. The minimum Gasteiger partial charge on any atom is -0.0830 e. The first-order chi connectivity index (χ1) is 8.27. The normalized spacial score (nSPS) is 12.8. The highest BCUT2D eigenvalue weighted by atomic mass is 79.9. The molecule has 17 heavy (non-hydrogen) atoms. The first-order valence-corrected chi connectivity index (χ1v) is 6.67. The van der Waals surface area contributed by atoms with E-state index in [1.54, 1.807) is 0 Å². The Hall–Kier alpha value is -1.05. The van der Waals surface area contributed by atoms with Crippen molar-refractivity contribution in [3.63, 3.8) is 0 Å². The van der Waals surface area contributed by atoms with Crippen LogP contribution in [0, 0.1) is 0 Å². The third-order valence-corrected chi connectivity index (χ3v) is 4.16. The first kappa shape index (κ1) is 11.1. The smallest absolute Gasteiger partial charge is 0.0559 e. The van der Waals surface area contributed by atoms with E-state index in [9.17, 15) is 0 Å². The van der Waals surface area contributed by atoms with Crippen molar-refractivity contribution in [2.24, 2.45) is 0 Å².